The summed E-state index contributed by atoms with van der Waals surface area (Å²) < 4.78 is 5.80. The maximum Gasteiger partial charge on any atom is 0.140 e. The van der Waals surface area contributed by atoms with E-state index in [4.69, 9.17) is 9.94 Å². The van der Waals surface area contributed by atoms with Crippen LogP contribution in [0.3, 0.4) is 0 Å². The van der Waals surface area contributed by atoms with Crippen LogP contribution in [0.15, 0.2) is 28.7 Å². The molecule has 2 rings (SSSR count). The molecule has 0 atom stereocenters. The van der Waals surface area contributed by atoms with Crippen molar-refractivity contribution >= 4 is 17.0 Å². The molecule has 0 saturated heterocycles. The van der Waals surface area contributed by atoms with Crippen molar-refractivity contribution in [1.82, 2.24) is 4.98 Å². The van der Waals surface area contributed by atoms with Gasteiger partial charge in [0, 0.05) is 16.6 Å². The summed E-state index contributed by atoms with van der Waals surface area (Å²) >= 11 is 1.58. The first-order chi connectivity index (χ1) is 9.10. The summed E-state index contributed by atoms with van der Waals surface area (Å²) in [6, 6.07) is 5.79. The molecule has 0 amide bonds. The predicted molar refractivity (Wildman–Crippen MR) is 76.4 cm³/mol. The highest BCUT2D eigenvalue weighted by Crippen LogP contribution is 2.23. The molecular weight excluding hydrogens is 260 g/mol. The molecule has 0 saturated carbocycles. The maximum atomic E-state index is 8.89. The second-order valence-electron chi connectivity index (χ2n) is 4.36. The number of hydrogen-bond acceptors (Lipinski definition) is 5. The third kappa shape index (κ3) is 3.32. The van der Waals surface area contributed by atoms with Gasteiger partial charge in [0.1, 0.15) is 17.4 Å². The van der Waals surface area contributed by atoms with Gasteiger partial charge in [-0.15, -0.1) is 11.3 Å². The lowest BCUT2D eigenvalue weighted by molar-refractivity contribution is 0.302. The van der Waals surface area contributed by atoms with Gasteiger partial charge in [-0.2, -0.15) is 0 Å². The van der Waals surface area contributed by atoms with Crippen LogP contribution in [0, 0.1) is 13.8 Å². The summed E-state index contributed by atoms with van der Waals surface area (Å²) in [5.74, 6) is 0.711. The van der Waals surface area contributed by atoms with Gasteiger partial charge >= 0.3 is 0 Å². The van der Waals surface area contributed by atoms with Crippen LogP contribution >= 0.6 is 11.3 Å². The molecule has 0 aliphatic heterocycles. The lowest BCUT2D eigenvalue weighted by Gasteiger charge is -2.10. The lowest BCUT2D eigenvalue weighted by Crippen LogP contribution is -2.03. The van der Waals surface area contributed by atoms with Crippen molar-refractivity contribution in [3.63, 3.8) is 0 Å². The molecule has 100 valence electrons. The van der Waals surface area contributed by atoms with Crippen molar-refractivity contribution in [1.29, 1.82) is 0 Å². The summed E-state index contributed by atoms with van der Waals surface area (Å²) in [7, 11) is 0. The zero-order valence-corrected chi connectivity index (χ0v) is 12.0. The van der Waals surface area contributed by atoms with Crippen LogP contribution in [-0.4, -0.2) is 15.9 Å². The van der Waals surface area contributed by atoms with Crippen molar-refractivity contribution in [3.8, 4) is 5.75 Å². The van der Waals surface area contributed by atoms with Gasteiger partial charge in [0.05, 0.1) is 5.71 Å². The molecule has 0 radical (unpaired) electrons. The average molecular weight is 276 g/mol. The zero-order chi connectivity index (χ0) is 13.8. The molecule has 1 heterocycles. The van der Waals surface area contributed by atoms with Gasteiger partial charge in [0.25, 0.3) is 0 Å². The fourth-order valence-corrected chi connectivity index (χ4v) is 2.39. The SMILES string of the molecule is CC(=NO)c1ccc(C)cc1OCc1nc(C)cs1. The number of ether oxygens (including phenoxy) is 1. The fraction of sp³-hybridized carbons (Fsp3) is 0.286. The third-order valence-electron chi connectivity index (χ3n) is 2.69. The first-order valence-corrected chi connectivity index (χ1v) is 6.81. The molecule has 0 fully saturated rings. The Morgan fingerprint density at radius 1 is 1.42 bits per heavy atom. The van der Waals surface area contributed by atoms with Gasteiger partial charge in [-0.3, -0.25) is 0 Å². The molecule has 0 spiro atoms. The van der Waals surface area contributed by atoms with Gasteiger partial charge in [-0.05, 0) is 38.5 Å². The van der Waals surface area contributed by atoms with Gasteiger partial charge in [-0.1, -0.05) is 11.2 Å². The molecule has 0 aliphatic carbocycles. The Kier molecular flexibility index (Phi) is 4.16. The lowest BCUT2D eigenvalue weighted by atomic mass is 10.1. The molecule has 5 heteroatoms. The van der Waals surface area contributed by atoms with E-state index in [1.807, 2.05) is 37.4 Å². The van der Waals surface area contributed by atoms with Gasteiger partial charge in [0.15, 0.2) is 0 Å². The molecule has 19 heavy (non-hydrogen) atoms. The highest BCUT2D eigenvalue weighted by molar-refractivity contribution is 7.09. The number of aromatic nitrogens is 1. The number of benzene rings is 1. The number of nitrogens with zero attached hydrogens (tertiary/aromatic N) is 2. The van der Waals surface area contributed by atoms with Crippen molar-refractivity contribution < 1.29 is 9.94 Å². The van der Waals surface area contributed by atoms with Crippen LogP contribution in [0.5, 0.6) is 5.75 Å². The normalized spacial score (nSPS) is 11.6. The minimum absolute atomic E-state index is 0.424. The van der Waals surface area contributed by atoms with Crippen molar-refractivity contribution in [3.05, 3.63) is 45.4 Å². The largest absolute Gasteiger partial charge is 0.486 e. The van der Waals surface area contributed by atoms with E-state index in [1.54, 1.807) is 18.3 Å². The van der Waals surface area contributed by atoms with Crippen molar-refractivity contribution in [2.45, 2.75) is 27.4 Å². The summed E-state index contributed by atoms with van der Waals surface area (Å²) in [6.07, 6.45) is 0. The summed E-state index contributed by atoms with van der Waals surface area (Å²) in [5.41, 5.74) is 3.42. The minimum Gasteiger partial charge on any atom is -0.486 e. The number of thiazole rings is 1. The van der Waals surface area contributed by atoms with Gasteiger partial charge in [-0.25, -0.2) is 4.98 Å². The van der Waals surface area contributed by atoms with E-state index in [0.29, 0.717) is 18.1 Å². The average Bonchev–Trinajstić information content (AvgIpc) is 2.81. The van der Waals surface area contributed by atoms with Crippen LogP contribution in [0.1, 0.15) is 28.8 Å². The van der Waals surface area contributed by atoms with E-state index in [9.17, 15) is 0 Å². The molecule has 4 nitrogen and oxygen atoms in total. The highest BCUT2D eigenvalue weighted by Gasteiger charge is 2.09. The van der Waals surface area contributed by atoms with Crippen molar-refractivity contribution in [2.24, 2.45) is 5.16 Å². The van der Waals surface area contributed by atoms with Crippen LogP contribution in [-0.2, 0) is 6.61 Å². The summed E-state index contributed by atoms with van der Waals surface area (Å²) in [6.45, 7) is 6.12. The number of oxime groups is 1. The Morgan fingerprint density at radius 2 is 2.21 bits per heavy atom. The van der Waals surface area contributed by atoms with E-state index >= 15 is 0 Å². The molecular formula is C14H16N2O2S. The van der Waals surface area contributed by atoms with Gasteiger partial charge < -0.3 is 9.94 Å². The smallest absolute Gasteiger partial charge is 0.140 e. The number of aryl methyl sites for hydroxylation is 2. The Hall–Kier alpha value is -1.88. The van der Waals surface area contributed by atoms with Crippen LogP contribution < -0.4 is 4.74 Å². The van der Waals surface area contributed by atoms with Gasteiger partial charge in [0.2, 0.25) is 0 Å². The molecule has 1 N–H and O–H groups in total. The van der Waals surface area contributed by atoms with E-state index < -0.39 is 0 Å². The topological polar surface area (TPSA) is 54.7 Å². The fourth-order valence-electron chi connectivity index (χ4n) is 1.71. The molecule has 0 unspecified atom stereocenters. The first kappa shape index (κ1) is 13.5. The molecule has 1 aromatic heterocycles. The summed E-state index contributed by atoms with van der Waals surface area (Å²) in [5, 5.41) is 15.1. The molecule has 0 bridgehead atoms. The first-order valence-electron chi connectivity index (χ1n) is 5.93. The number of hydrogen-bond donors (Lipinski definition) is 1. The maximum absolute atomic E-state index is 8.89. The standard InChI is InChI=1S/C14H16N2O2S/c1-9-4-5-12(11(3)16-17)13(6-9)18-7-14-15-10(2)8-19-14/h4-6,8,17H,7H2,1-3H3. The Bertz CT molecular complexity index is 605. The highest BCUT2D eigenvalue weighted by atomic mass is 32.1. The Labute approximate surface area is 116 Å². The second kappa shape index (κ2) is 5.84. The second-order valence-corrected chi connectivity index (χ2v) is 5.30. The van der Waals surface area contributed by atoms with E-state index in [-0.39, 0.29) is 0 Å². The number of rotatable bonds is 4. The van der Waals surface area contributed by atoms with Crippen LogP contribution in [0.2, 0.25) is 0 Å². The van der Waals surface area contributed by atoms with E-state index in [1.165, 1.54) is 0 Å². The third-order valence-corrected chi connectivity index (χ3v) is 3.63. The van der Waals surface area contributed by atoms with Crippen LogP contribution in [0.4, 0.5) is 0 Å². The quantitative estimate of drug-likeness (QED) is 0.528. The summed E-state index contributed by atoms with van der Waals surface area (Å²) in [4.78, 5) is 4.36. The van der Waals surface area contributed by atoms with Crippen LogP contribution in [0.25, 0.3) is 0 Å². The Balaban J connectivity index is 2.21. The molecule has 1 aromatic carbocycles. The molecule has 0 aliphatic rings. The monoisotopic (exact) mass is 276 g/mol. The minimum atomic E-state index is 0.424. The Morgan fingerprint density at radius 3 is 2.84 bits per heavy atom. The molecule has 2 aromatic rings. The van der Waals surface area contributed by atoms with E-state index in [2.05, 4.69) is 10.1 Å². The van der Waals surface area contributed by atoms with E-state index in [0.717, 1.165) is 21.8 Å². The zero-order valence-electron chi connectivity index (χ0n) is 11.2. The van der Waals surface area contributed by atoms with Crippen molar-refractivity contribution in [2.75, 3.05) is 0 Å². The predicted octanol–water partition coefficient (Wildman–Crippen LogP) is 3.54.